The number of hydrogen-bond donors (Lipinski definition) is 1. The van der Waals surface area contributed by atoms with Crippen molar-refractivity contribution in [2.75, 3.05) is 6.54 Å². The van der Waals surface area contributed by atoms with Gasteiger partial charge in [-0.3, -0.25) is 0 Å². The minimum atomic E-state index is 0.869. The first-order valence-corrected chi connectivity index (χ1v) is 6.35. The molecular weight excluding hydrogens is 194 g/mol. The van der Waals surface area contributed by atoms with Gasteiger partial charge in [0.05, 0.1) is 0 Å². The van der Waals surface area contributed by atoms with Crippen molar-refractivity contribution in [1.82, 2.24) is 5.32 Å². The maximum atomic E-state index is 3.59. The van der Waals surface area contributed by atoms with Crippen molar-refractivity contribution < 1.29 is 0 Å². The fourth-order valence-corrected chi connectivity index (χ4v) is 3.13. The number of allylic oxidation sites excluding steroid dienone is 2. The predicted octanol–water partition coefficient (Wildman–Crippen LogP) is 2.99. The molecule has 0 heterocycles. The van der Waals surface area contributed by atoms with Crippen LogP contribution in [-0.4, -0.2) is 6.54 Å². The van der Waals surface area contributed by atoms with E-state index < -0.39 is 0 Å². The van der Waals surface area contributed by atoms with Gasteiger partial charge in [-0.1, -0.05) is 42.5 Å². The molecule has 2 aliphatic carbocycles. The molecule has 0 saturated heterocycles. The smallest absolute Gasteiger partial charge is 0.0205 e. The van der Waals surface area contributed by atoms with Crippen LogP contribution in [0.1, 0.15) is 18.4 Å². The average molecular weight is 213 g/mol. The first-order valence-electron chi connectivity index (χ1n) is 6.35. The van der Waals surface area contributed by atoms with Crippen molar-refractivity contribution in [3.05, 3.63) is 48.0 Å². The third kappa shape index (κ3) is 2.05. The van der Waals surface area contributed by atoms with Gasteiger partial charge >= 0.3 is 0 Å². The molecule has 3 atom stereocenters. The van der Waals surface area contributed by atoms with E-state index >= 15 is 0 Å². The van der Waals surface area contributed by atoms with Gasteiger partial charge in [0.15, 0.2) is 0 Å². The van der Waals surface area contributed by atoms with Crippen LogP contribution in [0.4, 0.5) is 0 Å². The van der Waals surface area contributed by atoms with Crippen LogP contribution in [0.2, 0.25) is 0 Å². The summed E-state index contributed by atoms with van der Waals surface area (Å²) in [4.78, 5) is 0. The third-order valence-corrected chi connectivity index (χ3v) is 3.99. The van der Waals surface area contributed by atoms with E-state index in [4.69, 9.17) is 0 Å². The summed E-state index contributed by atoms with van der Waals surface area (Å²) in [5.41, 5.74) is 1.39. The van der Waals surface area contributed by atoms with E-state index in [0.29, 0.717) is 0 Å². The van der Waals surface area contributed by atoms with E-state index in [1.54, 1.807) is 0 Å². The highest BCUT2D eigenvalue weighted by molar-refractivity contribution is 5.14. The lowest BCUT2D eigenvalue weighted by Crippen LogP contribution is -2.25. The molecular formula is C15H19N. The van der Waals surface area contributed by atoms with Crippen LogP contribution >= 0.6 is 0 Å². The summed E-state index contributed by atoms with van der Waals surface area (Å²) < 4.78 is 0. The van der Waals surface area contributed by atoms with E-state index in [1.165, 1.54) is 24.9 Å². The molecule has 1 fully saturated rings. The Bertz CT molecular complexity index is 368. The van der Waals surface area contributed by atoms with Crippen LogP contribution in [0.3, 0.4) is 0 Å². The SMILES string of the molecule is C1=C[C@H]2C[C@@H]1C[C@H]2CNCc1ccccc1. The topological polar surface area (TPSA) is 12.0 Å². The second-order valence-corrected chi connectivity index (χ2v) is 5.16. The Morgan fingerprint density at radius 1 is 1.06 bits per heavy atom. The molecule has 1 nitrogen and oxygen atoms in total. The quantitative estimate of drug-likeness (QED) is 0.758. The minimum Gasteiger partial charge on any atom is -0.312 e. The van der Waals surface area contributed by atoms with Crippen LogP contribution in [0.15, 0.2) is 42.5 Å². The zero-order valence-corrected chi connectivity index (χ0v) is 9.60. The summed E-state index contributed by atoms with van der Waals surface area (Å²) in [5, 5.41) is 3.59. The van der Waals surface area contributed by atoms with E-state index in [-0.39, 0.29) is 0 Å². The number of rotatable bonds is 4. The first-order chi connectivity index (χ1) is 7.92. The highest BCUT2D eigenvalue weighted by Crippen LogP contribution is 2.42. The Hall–Kier alpha value is -1.08. The number of benzene rings is 1. The zero-order valence-electron chi connectivity index (χ0n) is 9.60. The van der Waals surface area contributed by atoms with E-state index in [0.717, 1.165) is 24.3 Å². The molecule has 2 aliphatic rings. The van der Waals surface area contributed by atoms with Crippen LogP contribution in [0, 0.1) is 17.8 Å². The molecule has 1 heteroatoms. The molecule has 0 aromatic heterocycles. The Morgan fingerprint density at radius 3 is 2.62 bits per heavy atom. The van der Waals surface area contributed by atoms with Crippen molar-refractivity contribution in [1.29, 1.82) is 0 Å². The van der Waals surface area contributed by atoms with Gasteiger partial charge in [-0.05, 0) is 42.7 Å². The number of nitrogens with one attached hydrogen (secondary N) is 1. The average Bonchev–Trinajstić information content (AvgIpc) is 2.92. The van der Waals surface area contributed by atoms with E-state index in [1.807, 2.05) is 0 Å². The van der Waals surface area contributed by atoms with Gasteiger partial charge in [-0.2, -0.15) is 0 Å². The first kappa shape index (κ1) is 10.1. The standard InChI is InChI=1S/C15H19N/c1-2-4-12(5-3-1)10-16-11-15-9-13-6-7-14(15)8-13/h1-7,13-16H,8-11H2/t13-,14+,15+/m1/s1. The highest BCUT2D eigenvalue weighted by atomic mass is 14.9. The van der Waals surface area contributed by atoms with Crippen LogP contribution in [0.5, 0.6) is 0 Å². The monoisotopic (exact) mass is 213 g/mol. The molecule has 0 unspecified atom stereocenters. The largest absolute Gasteiger partial charge is 0.312 e. The van der Waals surface area contributed by atoms with E-state index in [2.05, 4.69) is 47.8 Å². The summed E-state index contributed by atoms with van der Waals surface area (Å²) in [6, 6.07) is 10.7. The highest BCUT2D eigenvalue weighted by Gasteiger charge is 2.34. The third-order valence-electron chi connectivity index (χ3n) is 3.99. The van der Waals surface area contributed by atoms with Gasteiger partial charge in [-0.15, -0.1) is 0 Å². The summed E-state index contributed by atoms with van der Waals surface area (Å²) in [6.45, 7) is 2.19. The van der Waals surface area contributed by atoms with Crippen molar-refractivity contribution >= 4 is 0 Å². The van der Waals surface area contributed by atoms with Crippen molar-refractivity contribution in [3.8, 4) is 0 Å². The molecule has 84 valence electrons. The molecule has 1 N–H and O–H groups in total. The molecule has 0 radical (unpaired) electrons. The fourth-order valence-electron chi connectivity index (χ4n) is 3.13. The lowest BCUT2D eigenvalue weighted by Gasteiger charge is -2.18. The van der Waals surface area contributed by atoms with Gasteiger partial charge in [0.25, 0.3) is 0 Å². The van der Waals surface area contributed by atoms with Gasteiger partial charge in [0, 0.05) is 6.54 Å². The molecule has 1 aromatic rings. The Morgan fingerprint density at radius 2 is 1.94 bits per heavy atom. The van der Waals surface area contributed by atoms with Gasteiger partial charge in [0.1, 0.15) is 0 Å². The number of fused-ring (bicyclic) bond motifs is 2. The zero-order chi connectivity index (χ0) is 10.8. The maximum Gasteiger partial charge on any atom is 0.0205 e. The molecule has 2 bridgehead atoms. The van der Waals surface area contributed by atoms with Gasteiger partial charge in [0.2, 0.25) is 0 Å². The van der Waals surface area contributed by atoms with Gasteiger partial charge < -0.3 is 5.32 Å². The number of hydrogen-bond acceptors (Lipinski definition) is 1. The molecule has 0 amide bonds. The fraction of sp³-hybridized carbons (Fsp3) is 0.467. The van der Waals surface area contributed by atoms with Crippen LogP contribution < -0.4 is 5.32 Å². The molecule has 1 aromatic carbocycles. The second kappa shape index (κ2) is 4.42. The molecule has 1 saturated carbocycles. The molecule has 0 spiro atoms. The Balaban J connectivity index is 1.46. The normalized spacial score (nSPS) is 31.1. The predicted molar refractivity (Wildman–Crippen MR) is 67.0 cm³/mol. The van der Waals surface area contributed by atoms with Crippen LogP contribution in [0.25, 0.3) is 0 Å². The lowest BCUT2D eigenvalue weighted by molar-refractivity contribution is 0.414. The summed E-state index contributed by atoms with van der Waals surface area (Å²) in [5.74, 6) is 2.65. The van der Waals surface area contributed by atoms with Crippen molar-refractivity contribution in [2.24, 2.45) is 17.8 Å². The van der Waals surface area contributed by atoms with Crippen molar-refractivity contribution in [3.63, 3.8) is 0 Å². The summed E-state index contributed by atoms with van der Waals surface area (Å²) >= 11 is 0. The molecule has 0 aliphatic heterocycles. The van der Waals surface area contributed by atoms with Crippen molar-refractivity contribution in [2.45, 2.75) is 19.4 Å². The maximum absolute atomic E-state index is 3.59. The summed E-state index contributed by atoms with van der Waals surface area (Å²) in [6.07, 6.45) is 7.67. The summed E-state index contributed by atoms with van der Waals surface area (Å²) in [7, 11) is 0. The minimum absolute atomic E-state index is 0.869. The lowest BCUT2D eigenvalue weighted by atomic mass is 9.93. The second-order valence-electron chi connectivity index (χ2n) is 5.16. The molecule has 16 heavy (non-hydrogen) atoms. The van der Waals surface area contributed by atoms with Crippen LogP contribution in [-0.2, 0) is 6.54 Å². The molecule has 3 rings (SSSR count). The van der Waals surface area contributed by atoms with Gasteiger partial charge in [-0.25, -0.2) is 0 Å². The Labute approximate surface area is 97.6 Å². The van der Waals surface area contributed by atoms with E-state index in [9.17, 15) is 0 Å². The Kier molecular flexibility index (Phi) is 2.79.